The monoisotopic (exact) mass is 182 g/mol. The van der Waals surface area contributed by atoms with Crippen LogP contribution in [0.4, 0.5) is 0 Å². The van der Waals surface area contributed by atoms with E-state index in [1.807, 2.05) is 12.1 Å². The average Bonchev–Trinajstić information content (AvgIpc) is 2.04. The van der Waals surface area contributed by atoms with Gasteiger partial charge in [0.2, 0.25) is 0 Å². The molecule has 0 fully saturated rings. The molecule has 1 aromatic carbocycles. The van der Waals surface area contributed by atoms with Crippen LogP contribution in [0.3, 0.4) is 0 Å². The molecule has 0 N–H and O–H groups in total. The lowest BCUT2D eigenvalue weighted by Crippen LogP contribution is -2.11. The van der Waals surface area contributed by atoms with E-state index < -0.39 is 0 Å². The summed E-state index contributed by atoms with van der Waals surface area (Å²) in [6, 6.07) is 5.87. The van der Waals surface area contributed by atoms with Crippen LogP contribution in [-0.4, -0.2) is 6.61 Å². The summed E-state index contributed by atoms with van der Waals surface area (Å²) in [6.45, 7) is 3.03. The van der Waals surface area contributed by atoms with E-state index >= 15 is 0 Å². The predicted octanol–water partition coefficient (Wildman–Crippen LogP) is 3.23. The van der Waals surface area contributed by atoms with Crippen molar-refractivity contribution in [2.75, 3.05) is 6.61 Å². The van der Waals surface area contributed by atoms with Crippen molar-refractivity contribution in [3.05, 3.63) is 28.8 Å². The summed E-state index contributed by atoms with van der Waals surface area (Å²) in [7, 11) is 0. The summed E-state index contributed by atoms with van der Waals surface area (Å²) in [5, 5.41) is 0.753. The van der Waals surface area contributed by atoms with E-state index in [9.17, 15) is 0 Å². The van der Waals surface area contributed by atoms with Gasteiger partial charge in [-0.3, -0.25) is 0 Å². The van der Waals surface area contributed by atoms with Gasteiger partial charge in [0.25, 0.3) is 0 Å². The fraction of sp³-hybridized carbons (Fsp3) is 0.400. The van der Waals surface area contributed by atoms with Crippen molar-refractivity contribution >= 4 is 11.6 Å². The zero-order valence-corrected chi connectivity index (χ0v) is 7.77. The highest BCUT2D eigenvalue weighted by atomic mass is 35.5. The summed E-state index contributed by atoms with van der Waals surface area (Å²) in [5.74, 6) is 1.56. The lowest BCUT2D eigenvalue weighted by Gasteiger charge is -2.22. The summed E-state index contributed by atoms with van der Waals surface area (Å²) < 4.78 is 5.49. The second-order valence-electron chi connectivity index (χ2n) is 3.22. The van der Waals surface area contributed by atoms with Crippen LogP contribution in [0.1, 0.15) is 24.8 Å². The average molecular weight is 183 g/mol. The predicted molar refractivity (Wildman–Crippen MR) is 50.0 cm³/mol. The standard InChI is InChI=1S/C10H11ClO/c1-7-4-5-12-10-6-8(11)2-3-9(7)10/h2-3,6-7H,4-5H2,1H3/t7-/m1/s1. The summed E-state index contributed by atoms with van der Waals surface area (Å²) in [6.07, 6.45) is 1.11. The fourth-order valence-electron chi connectivity index (χ4n) is 1.54. The molecule has 2 rings (SSSR count). The molecule has 0 spiro atoms. The number of hydrogen-bond donors (Lipinski definition) is 0. The van der Waals surface area contributed by atoms with Gasteiger partial charge in [-0.05, 0) is 30.0 Å². The Labute approximate surface area is 77.3 Å². The highest BCUT2D eigenvalue weighted by molar-refractivity contribution is 6.30. The van der Waals surface area contributed by atoms with E-state index in [-0.39, 0.29) is 0 Å². The molecule has 0 saturated heterocycles. The van der Waals surface area contributed by atoms with Gasteiger partial charge in [-0.2, -0.15) is 0 Å². The Hall–Kier alpha value is -0.690. The largest absolute Gasteiger partial charge is 0.493 e. The van der Waals surface area contributed by atoms with Crippen LogP contribution in [0.5, 0.6) is 5.75 Å². The van der Waals surface area contributed by atoms with Gasteiger partial charge < -0.3 is 4.74 Å². The molecule has 1 aromatic rings. The van der Waals surface area contributed by atoms with Gasteiger partial charge in [-0.25, -0.2) is 0 Å². The van der Waals surface area contributed by atoms with Gasteiger partial charge in [0.1, 0.15) is 5.75 Å². The maximum absolute atomic E-state index is 5.84. The number of hydrogen-bond acceptors (Lipinski definition) is 1. The van der Waals surface area contributed by atoms with Crippen LogP contribution < -0.4 is 4.74 Å². The third-order valence-corrected chi connectivity index (χ3v) is 2.55. The molecule has 1 nitrogen and oxygen atoms in total. The van der Waals surface area contributed by atoms with Crippen LogP contribution in [0, 0.1) is 0 Å². The number of halogens is 1. The van der Waals surface area contributed by atoms with E-state index in [2.05, 4.69) is 13.0 Å². The minimum absolute atomic E-state index is 0.603. The second kappa shape index (κ2) is 2.98. The topological polar surface area (TPSA) is 9.23 Å². The Morgan fingerprint density at radius 1 is 1.50 bits per heavy atom. The van der Waals surface area contributed by atoms with Gasteiger partial charge in [-0.15, -0.1) is 0 Å². The fourth-order valence-corrected chi connectivity index (χ4v) is 1.70. The molecule has 1 heterocycles. The van der Waals surface area contributed by atoms with Gasteiger partial charge in [0.05, 0.1) is 6.61 Å². The van der Waals surface area contributed by atoms with Crippen LogP contribution in [0.25, 0.3) is 0 Å². The molecule has 2 heteroatoms. The van der Waals surface area contributed by atoms with Crippen LogP contribution in [0.2, 0.25) is 5.02 Å². The highest BCUT2D eigenvalue weighted by Gasteiger charge is 2.16. The third-order valence-electron chi connectivity index (χ3n) is 2.31. The first kappa shape index (κ1) is 7.93. The zero-order valence-electron chi connectivity index (χ0n) is 7.01. The number of benzene rings is 1. The van der Waals surface area contributed by atoms with Gasteiger partial charge >= 0.3 is 0 Å². The van der Waals surface area contributed by atoms with E-state index in [1.165, 1.54) is 5.56 Å². The molecule has 64 valence electrons. The quantitative estimate of drug-likeness (QED) is 0.599. The van der Waals surface area contributed by atoms with Crippen molar-refractivity contribution in [2.24, 2.45) is 0 Å². The van der Waals surface area contributed by atoms with Gasteiger partial charge in [0.15, 0.2) is 0 Å². The Morgan fingerprint density at radius 2 is 2.33 bits per heavy atom. The molecule has 0 bridgehead atoms. The number of ether oxygens (including phenoxy) is 1. The molecule has 0 unspecified atom stereocenters. The second-order valence-corrected chi connectivity index (χ2v) is 3.66. The van der Waals surface area contributed by atoms with Crippen LogP contribution >= 0.6 is 11.6 Å². The lowest BCUT2D eigenvalue weighted by atomic mass is 9.95. The molecule has 0 amide bonds. The Balaban J connectivity index is 2.46. The summed E-state index contributed by atoms with van der Waals surface area (Å²) in [4.78, 5) is 0. The summed E-state index contributed by atoms with van der Waals surface area (Å²) >= 11 is 5.84. The molecular weight excluding hydrogens is 172 g/mol. The molecule has 0 radical (unpaired) electrons. The number of fused-ring (bicyclic) bond motifs is 1. The van der Waals surface area contributed by atoms with Crippen molar-refractivity contribution in [2.45, 2.75) is 19.3 Å². The lowest BCUT2D eigenvalue weighted by molar-refractivity contribution is 0.272. The Morgan fingerprint density at radius 3 is 3.17 bits per heavy atom. The van der Waals surface area contributed by atoms with Gasteiger partial charge in [-0.1, -0.05) is 24.6 Å². The molecule has 0 aromatic heterocycles. The van der Waals surface area contributed by atoms with Crippen molar-refractivity contribution in [1.29, 1.82) is 0 Å². The first-order valence-electron chi connectivity index (χ1n) is 4.19. The SMILES string of the molecule is C[C@@H]1CCOc2cc(Cl)ccc21. The van der Waals surface area contributed by atoms with E-state index in [1.54, 1.807) is 0 Å². The maximum atomic E-state index is 5.84. The molecule has 0 aliphatic carbocycles. The first-order chi connectivity index (χ1) is 5.77. The number of rotatable bonds is 0. The minimum atomic E-state index is 0.603. The molecule has 1 atom stereocenters. The molecule has 12 heavy (non-hydrogen) atoms. The van der Waals surface area contributed by atoms with Crippen molar-refractivity contribution in [1.82, 2.24) is 0 Å². The van der Waals surface area contributed by atoms with Crippen molar-refractivity contribution < 1.29 is 4.74 Å². The maximum Gasteiger partial charge on any atom is 0.124 e. The normalized spacial score (nSPS) is 21.3. The Kier molecular flexibility index (Phi) is 1.97. The molecule has 1 aliphatic rings. The first-order valence-corrected chi connectivity index (χ1v) is 4.57. The van der Waals surface area contributed by atoms with E-state index in [0.29, 0.717) is 5.92 Å². The molecule has 1 aliphatic heterocycles. The zero-order chi connectivity index (χ0) is 8.55. The summed E-state index contributed by atoms with van der Waals surface area (Å²) in [5.41, 5.74) is 1.28. The Bertz CT molecular complexity index is 296. The highest BCUT2D eigenvalue weighted by Crippen LogP contribution is 2.34. The van der Waals surface area contributed by atoms with Crippen LogP contribution in [-0.2, 0) is 0 Å². The van der Waals surface area contributed by atoms with E-state index in [4.69, 9.17) is 16.3 Å². The van der Waals surface area contributed by atoms with Crippen molar-refractivity contribution in [3.63, 3.8) is 0 Å². The smallest absolute Gasteiger partial charge is 0.124 e. The van der Waals surface area contributed by atoms with Gasteiger partial charge in [0, 0.05) is 5.02 Å². The minimum Gasteiger partial charge on any atom is -0.493 e. The van der Waals surface area contributed by atoms with E-state index in [0.717, 1.165) is 23.8 Å². The molecule has 0 saturated carbocycles. The van der Waals surface area contributed by atoms with Crippen molar-refractivity contribution in [3.8, 4) is 5.75 Å². The molecular formula is C10H11ClO. The third kappa shape index (κ3) is 1.29. The van der Waals surface area contributed by atoms with Crippen LogP contribution in [0.15, 0.2) is 18.2 Å².